The van der Waals surface area contributed by atoms with E-state index in [-0.39, 0.29) is 76.9 Å². The first kappa shape index (κ1) is 35.7. The number of amides is 3. The highest BCUT2D eigenvalue weighted by molar-refractivity contribution is 8.00. The van der Waals surface area contributed by atoms with Gasteiger partial charge in [0.1, 0.15) is 47.9 Å². The molecule has 5 heterocycles. The monoisotopic (exact) mass is 770 g/mol. The van der Waals surface area contributed by atoms with E-state index in [2.05, 4.69) is 15.5 Å². The van der Waals surface area contributed by atoms with Gasteiger partial charge >= 0.3 is 18.0 Å². The van der Waals surface area contributed by atoms with E-state index in [0.717, 1.165) is 35.1 Å². The van der Waals surface area contributed by atoms with Gasteiger partial charge in [-0.25, -0.2) is 23.8 Å². The molecule has 3 amide bonds. The maximum Gasteiger partial charge on any atom is 0.410 e. The number of thioether (sulfide) groups is 1. The lowest BCUT2D eigenvalue weighted by Gasteiger charge is -2.49. The number of hydrogen-bond donors (Lipinski definition) is 4. The summed E-state index contributed by atoms with van der Waals surface area (Å²) < 4.78 is 22.6. The number of oxime groups is 1. The summed E-state index contributed by atoms with van der Waals surface area (Å²) in [5, 5.41) is 26.7. The maximum atomic E-state index is 15.4. The molecule has 2 aromatic heterocycles. The van der Waals surface area contributed by atoms with Gasteiger partial charge in [0, 0.05) is 60.5 Å². The number of aromatic carboxylic acids is 1. The number of nitrogens with one attached hydrogen (secondary N) is 1. The number of nitrogen functional groups attached to an aromatic ring is 1. The number of halogens is 1. The number of carbonyl (C=O) groups excluding carboxylic acids is 3. The number of nitrogens with two attached hydrogens (primary N) is 1. The number of aromatic nitrogens is 2. The van der Waals surface area contributed by atoms with E-state index < -0.39 is 64.7 Å². The first-order chi connectivity index (χ1) is 25.4. The fraction of sp³-hybridized carbons (Fsp3) is 0.375. The van der Waals surface area contributed by atoms with E-state index in [1.54, 1.807) is 9.47 Å². The molecule has 0 bridgehead atoms. The van der Waals surface area contributed by atoms with Gasteiger partial charge in [-0.1, -0.05) is 5.16 Å². The number of aliphatic carboxylic acids is 1. The Balaban J connectivity index is 0.986. The predicted octanol–water partition coefficient (Wildman–Crippen LogP) is 1.26. The number of carbonyl (C=O) groups is 5. The number of piperazine rings is 1. The molecule has 2 saturated heterocycles. The van der Waals surface area contributed by atoms with Gasteiger partial charge in [0.2, 0.25) is 5.43 Å². The number of pyridine rings is 1. The average molecular weight is 771 g/mol. The van der Waals surface area contributed by atoms with Gasteiger partial charge in [-0.3, -0.25) is 19.3 Å². The predicted molar refractivity (Wildman–Crippen MR) is 188 cm³/mol. The number of hydrogen-bond acceptors (Lipinski definition) is 14. The van der Waals surface area contributed by atoms with Crippen molar-refractivity contribution >= 4 is 80.4 Å². The molecule has 0 unspecified atom stereocenters. The Bertz CT molecular complexity index is 2190. The smallest absolute Gasteiger partial charge is 0.410 e. The molecular weight excluding hydrogens is 740 g/mol. The third-order valence-electron chi connectivity index (χ3n) is 9.22. The Morgan fingerprint density at radius 3 is 2.47 bits per heavy atom. The number of anilines is 2. The van der Waals surface area contributed by atoms with Crippen LogP contribution in [0.2, 0.25) is 0 Å². The summed E-state index contributed by atoms with van der Waals surface area (Å²) in [6.07, 6.45) is 2.18. The molecular formula is C32H31FN8O10S2. The topological polar surface area (TPSA) is 239 Å². The summed E-state index contributed by atoms with van der Waals surface area (Å²) >= 11 is 2.26. The quantitative estimate of drug-likeness (QED) is 0.129. The lowest BCUT2D eigenvalue weighted by Crippen LogP contribution is -2.71. The van der Waals surface area contributed by atoms with Crippen LogP contribution in [0.15, 0.2) is 44.9 Å². The Hall–Kier alpha value is -5.70. The molecule has 0 spiro atoms. The fourth-order valence-corrected chi connectivity index (χ4v) is 8.35. The van der Waals surface area contributed by atoms with Crippen molar-refractivity contribution in [2.45, 2.75) is 30.3 Å². The molecule has 4 aliphatic rings. The number of ether oxygens (including phenoxy) is 1. The number of benzene rings is 1. The second kappa shape index (κ2) is 14.0. The van der Waals surface area contributed by atoms with Crippen LogP contribution in [-0.2, 0) is 24.0 Å². The van der Waals surface area contributed by atoms with E-state index in [1.807, 2.05) is 0 Å². The zero-order valence-corrected chi connectivity index (χ0v) is 29.4. The highest BCUT2D eigenvalue weighted by Gasteiger charge is 2.54. The molecule has 5 N–H and O–H groups in total. The normalized spacial score (nSPS) is 20.2. The number of fused-ring (bicyclic) bond motifs is 2. The van der Waals surface area contributed by atoms with Crippen molar-refractivity contribution in [3.05, 3.63) is 62.3 Å². The van der Waals surface area contributed by atoms with E-state index in [1.165, 1.54) is 41.4 Å². The van der Waals surface area contributed by atoms with Crippen LogP contribution in [0, 0.1) is 5.82 Å². The summed E-state index contributed by atoms with van der Waals surface area (Å²) in [4.78, 5) is 89.0. The van der Waals surface area contributed by atoms with Crippen LogP contribution in [0.1, 0.15) is 34.9 Å². The largest absolute Gasteiger partial charge is 0.477 e. The molecule has 278 valence electrons. The molecule has 2 atom stereocenters. The molecule has 7 rings (SSSR count). The van der Waals surface area contributed by atoms with Crippen molar-refractivity contribution in [3.63, 3.8) is 0 Å². The second-order valence-corrected chi connectivity index (χ2v) is 14.5. The first-order valence-electron chi connectivity index (χ1n) is 16.2. The number of thiazole rings is 1. The molecule has 3 aliphatic heterocycles. The molecule has 1 saturated carbocycles. The summed E-state index contributed by atoms with van der Waals surface area (Å²) in [7, 11) is 1.23. The number of carboxylic acid groups (broad SMARTS) is 2. The number of rotatable bonds is 10. The van der Waals surface area contributed by atoms with Crippen molar-refractivity contribution in [2.24, 2.45) is 5.16 Å². The summed E-state index contributed by atoms with van der Waals surface area (Å²) in [5.74, 6) is -4.85. The van der Waals surface area contributed by atoms with Crippen molar-refractivity contribution in [2.75, 3.05) is 56.3 Å². The average Bonchev–Trinajstić information content (AvgIpc) is 3.90. The van der Waals surface area contributed by atoms with E-state index in [4.69, 9.17) is 15.3 Å². The zero-order chi connectivity index (χ0) is 37.7. The molecule has 1 aromatic carbocycles. The molecule has 0 radical (unpaired) electrons. The molecule has 21 heteroatoms. The van der Waals surface area contributed by atoms with Gasteiger partial charge in [0.05, 0.1) is 11.2 Å². The van der Waals surface area contributed by atoms with Gasteiger partial charge in [0.25, 0.3) is 11.8 Å². The Morgan fingerprint density at radius 1 is 1.11 bits per heavy atom. The van der Waals surface area contributed by atoms with E-state index >= 15 is 4.39 Å². The SMILES string of the molecule is CO/N=C(/C(=O)N[C@@H]1C(=O)N2C(C(=O)O)=C(COC(=O)N3CCN(c4cc5c(cc4F)c(=O)c(C(=O)O)cn5C4CC4)CC3)CS[C@H]12)c1csc(N)n1. The Kier molecular flexibility index (Phi) is 9.45. The lowest BCUT2D eigenvalue weighted by atomic mass is 10.0. The van der Waals surface area contributed by atoms with Crippen molar-refractivity contribution < 1.29 is 48.2 Å². The van der Waals surface area contributed by atoms with Crippen molar-refractivity contribution in [1.82, 2.24) is 24.7 Å². The molecule has 1 aliphatic carbocycles. The van der Waals surface area contributed by atoms with Gasteiger partial charge in [-0.15, -0.1) is 23.1 Å². The fourth-order valence-electron chi connectivity index (χ4n) is 6.47. The van der Waals surface area contributed by atoms with Crippen molar-refractivity contribution in [1.29, 1.82) is 0 Å². The van der Waals surface area contributed by atoms with Gasteiger partial charge in [-0.05, 0) is 25.0 Å². The first-order valence-corrected chi connectivity index (χ1v) is 18.1. The summed E-state index contributed by atoms with van der Waals surface area (Å²) in [5.41, 5.74) is 4.88. The van der Waals surface area contributed by atoms with Crippen molar-refractivity contribution in [3.8, 4) is 0 Å². The highest BCUT2D eigenvalue weighted by Crippen LogP contribution is 2.41. The number of nitrogens with zero attached hydrogens (tertiary/aromatic N) is 6. The third kappa shape index (κ3) is 6.60. The Morgan fingerprint density at radius 2 is 1.85 bits per heavy atom. The minimum atomic E-state index is -1.41. The number of carboxylic acids is 2. The molecule has 3 aromatic rings. The standard InChI is InChI=1S/C32H31FN8O10S2/c1-50-37-22(19-13-53-31(34)35-19)26(43)36-23-27(44)41-24(30(47)48)14(12-52-28(23)41)11-51-32(49)39-6-4-38(5-7-39)21-9-20-16(8-18(21)33)25(42)17(29(45)46)10-40(20)15-2-3-15/h8-10,13,15,23,28H,2-7,11-12H2,1H3,(H2,34,35)(H,36,43)(H,45,46)(H,47,48)/b37-22+/t23-,28-/m1/s1. The summed E-state index contributed by atoms with van der Waals surface area (Å²) in [6.45, 7) is 0.286. The number of β-lactam (4-membered cyclic amide) rings is 1. The Labute approximate surface area is 306 Å². The minimum Gasteiger partial charge on any atom is -0.477 e. The van der Waals surface area contributed by atoms with E-state index in [0.29, 0.717) is 5.52 Å². The van der Waals surface area contributed by atoms with Crippen LogP contribution >= 0.6 is 23.1 Å². The van der Waals surface area contributed by atoms with Crippen LogP contribution in [0.5, 0.6) is 0 Å². The van der Waals surface area contributed by atoms with Crippen LogP contribution in [0.25, 0.3) is 10.9 Å². The van der Waals surface area contributed by atoms with Gasteiger partial charge in [-0.2, -0.15) is 0 Å². The zero-order valence-electron chi connectivity index (χ0n) is 27.8. The highest BCUT2D eigenvalue weighted by atomic mass is 32.2. The van der Waals surface area contributed by atoms with Gasteiger partial charge < -0.3 is 45.2 Å². The van der Waals surface area contributed by atoms with E-state index in [9.17, 15) is 39.0 Å². The van der Waals surface area contributed by atoms with Crippen LogP contribution in [0.3, 0.4) is 0 Å². The minimum absolute atomic E-state index is 0.0112. The molecule has 3 fully saturated rings. The molecule has 18 nitrogen and oxygen atoms in total. The van der Waals surface area contributed by atoms with Crippen LogP contribution < -0.4 is 21.4 Å². The molecule has 53 heavy (non-hydrogen) atoms. The second-order valence-electron chi connectivity index (χ2n) is 12.5. The lowest BCUT2D eigenvalue weighted by molar-refractivity contribution is -0.150. The van der Waals surface area contributed by atoms with Gasteiger partial charge in [0.15, 0.2) is 10.8 Å². The summed E-state index contributed by atoms with van der Waals surface area (Å²) in [6, 6.07) is 1.53. The maximum absolute atomic E-state index is 15.4. The third-order valence-corrected chi connectivity index (χ3v) is 11.2. The van der Waals surface area contributed by atoms with Crippen LogP contribution in [-0.4, -0.2) is 122 Å². The van der Waals surface area contributed by atoms with Crippen LogP contribution in [0.4, 0.5) is 20.0 Å².